The van der Waals surface area contributed by atoms with Crippen molar-refractivity contribution >= 4 is 19.8 Å². The van der Waals surface area contributed by atoms with Crippen molar-refractivity contribution in [1.82, 2.24) is 0 Å². The van der Waals surface area contributed by atoms with E-state index in [1.54, 1.807) is 0 Å². The van der Waals surface area contributed by atoms with Gasteiger partial charge in [0, 0.05) is 12.8 Å². The fourth-order valence-electron chi connectivity index (χ4n) is 5.77. The first-order valence-electron chi connectivity index (χ1n) is 22.3. The number of nitrogens with zero attached hydrogens (tertiary/aromatic N) is 1. The van der Waals surface area contributed by atoms with Gasteiger partial charge in [-0.3, -0.25) is 14.2 Å². The molecule has 2 atom stereocenters. The Balaban J connectivity index is 4.39. The molecule has 0 radical (unpaired) electrons. The quantitative estimate of drug-likeness (QED) is 0.0198. The Bertz CT molecular complexity index is 1100. The first-order chi connectivity index (χ1) is 27.0. The van der Waals surface area contributed by atoms with E-state index in [2.05, 4.69) is 62.5 Å². The maximum atomic E-state index is 12.7. The molecule has 9 nitrogen and oxygen atoms in total. The molecule has 56 heavy (non-hydrogen) atoms. The van der Waals surface area contributed by atoms with Gasteiger partial charge in [0.15, 0.2) is 6.10 Å². The molecule has 0 aromatic heterocycles. The van der Waals surface area contributed by atoms with Crippen molar-refractivity contribution < 1.29 is 42.1 Å². The van der Waals surface area contributed by atoms with Gasteiger partial charge in [0.1, 0.15) is 19.8 Å². The van der Waals surface area contributed by atoms with Crippen LogP contribution in [-0.4, -0.2) is 70.0 Å². The number of likely N-dealkylation sites (N-methyl/N-ethyl adjacent to an activating group) is 1. The lowest BCUT2D eigenvalue weighted by molar-refractivity contribution is -0.870. The SMILES string of the molecule is CCCCC/C=C/C/C=C/CCCCCCCCCC(=O)OC[C@H](COP(=O)([O-])OCC[N+](C)(C)C)OC(=O)CCCCCCC/C=C/C/C=C/CCCCC. The highest BCUT2D eigenvalue weighted by atomic mass is 31.2. The van der Waals surface area contributed by atoms with Crippen LogP contribution in [0.3, 0.4) is 0 Å². The van der Waals surface area contributed by atoms with Crippen molar-refractivity contribution in [2.75, 3.05) is 47.5 Å². The van der Waals surface area contributed by atoms with Crippen LogP contribution in [0.15, 0.2) is 48.6 Å². The first-order valence-corrected chi connectivity index (χ1v) is 23.8. The Morgan fingerprint density at radius 2 is 0.964 bits per heavy atom. The monoisotopic (exact) mass is 810 g/mol. The molecule has 326 valence electrons. The fraction of sp³-hybridized carbons (Fsp3) is 0.783. The van der Waals surface area contributed by atoms with Gasteiger partial charge in [-0.05, 0) is 77.0 Å². The van der Waals surface area contributed by atoms with Crippen LogP contribution >= 0.6 is 7.82 Å². The summed E-state index contributed by atoms with van der Waals surface area (Å²) in [7, 11) is 1.15. The van der Waals surface area contributed by atoms with Crippen molar-refractivity contribution in [2.45, 2.75) is 187 Å². The molecule has 0 saturated carbocycles. The Labute approximate surface area is 343 Å². The van der Waals surface area contributed by atoms with E-state index < -0.39 is 32.5 Å². The summed E-state index contributed by atoms with van der Waals surface area (Å²) >= 11 is 0. The minimum absolute atomic E-state index is 0.0365. The van der Waals surface area contributed by atoms with Gasteiger partial charge in [-0.25, -0.2) is 0 Å². The van der Waals surface area contributed by atoms with Crippen LogP contribution in [-0.2, 0) is 32.7 Å². The molecule has 0 aromatic carbocycles. The van der Waals surface area contributed by atoms with Crippen LogP contribution in [0.25, 0.3) is 0 Å². The summed E-state index contributed by atoms with van der Waals surface area (Å²) < 4.78 is 33.9. The zero-order valence-corrected chi connectivity index (χ0v) is 37.5. The normalized spacial score (nSPS) is 14.0. The smallest absolute Gasteiger partial charge is 0.306 e. The fourth-order valence-corrected chi connectivity index (χ4v) is 6.50. The third kappa shape index (κ3) is 41.6. The number of esters is 2. The number of hydrogen-bond donors (Lipinski definition) is 0. The molecule has 0 heterocycles. The van der Waals surface area contributed by atoms with Crippen molar-refractivity contribution in [3.05, 3.63) is 48.6 Å². The number of carbonyl (C=O) groups is 2. The number of ether oxygens (including phenoxy) is 2. The summed E-state index contributed by atoms with van der Waals surface area (Å²) in [6.07, 6.45) is 44.1. The van der Waals surface area contributed by atoms with Gasteiger partial charge in [0.2, 0.25) is 0 Å². The summed E-state index contributed by atoms with van der Waals surface area (Å²) in [5, 5.41) is 0. The van der Waals surface area contributed by atoms with E-state index in [-0.39, 0.29) is 26.1 Å². The van der Waals surface area contributed by atoms with Crippen LogP contribution in [0.5, 0.6) is 0 Å². The molecule has 0 aliphatic heterocycles. The van der Waals surface area contributed by atoms with Crippen LogP contribution in [0.2, 0.25) is 0 Å². The molecule has 0 N–H and O–H groups in total. The summed E-state index contributed by atoms with van der Waals surface area (Å²) in [5.74, 6) is -0.861. The van der Waals surface area contributed by atoms with Crippen LogP contribution < -0.4 is 4.89 Å². The van der Waals surface area contributed by atoms with Crippen LogP contribution in [0.4, 0.5) is 0 Å². The second-order valence-corrected chi connectivity index (χ2v) is 17.5. The van der Waals surface area contributed by atoms with Gasteiger partial charge in [-0.1, -0.05) is 140 Å². The summed E-state index contributed by atoms with van der Waals surface area (Å²) in [6, 6.07) is 0. The number of hydrogen-bond acceptors (Lipinski definition) is 8. The average Bonchev–Trinajstić information content (AvgIpc) is 3.15. The standard InChI is InChI=1S/C46H84NO8P/c1-6-8-10-12-14-16-18-20-22-23-25-26-28-30-32-34-36-38-45(48)52-42-44(43-54-56(50,51)53-41-40-47(3,4)5)55-46(49)39-37-35-33-31-29-27-24-21-19-17-15-13-11-9-7-2/h14-17,20-22,24,44H,6-13,18-19,23,25-43H2,1-5H3/b16-14+,17-15+,22-20+,24-21+/t44-/m1/s1. The van der Waals surface area contributed by atoms with Crippen LogP contribution in [0.1, 0.15) is 181 Å². The molecule has 0 saturated heterocycles. The number of unbranched alkanes of at least 4 members (excludes halogenated alkanes) is 18. The van der Waals surface area contributed by atoms with Gasteiger partial charge in [-0.2, -0.15) is 0 Å². The van der Waals surface area contributed by atoms with Gasteiger partial charge < -0.3 is 27.9 Å². The summed E-state index contributed by atoms with van der Waals surface area (Å²) in [6.45, 7) is 4.14. The van der Waals surface area contributed by atoms with Crippen molar-refractivity contribution in [2.24, 2.45) is 0 Å². The van der Waals surface area contributed by atoms with Gasteiger partial charge in [0.05, 0.1) is 27.7 Å². The zero-order valence-electron chi connectivity index (χ0n) is 36.6. The number of allylic oxidation sites excluding steroid dienone is 8. The molecule has 0 rings (SSSR count). The lowest BCUT2D eigenvalue weighted by Gasteiger charge is -2.28. The van der Waals surface area contributed by atoms with Crippen molar-refractivity contribution in [1.29, 1.82) is 0 Å². The van der Waals surface area contributed by atoms with E-state index in [1.807, 2.05) is 21.1 Å². The van der Waals surface area contributed by atoms with E-state index >= 15 is 0 Å². The molecular formula is C46H84NO8P. The number of quaternary nitrogens is 1. The third-order valence-electron chi connectivity index (χ3n) is 9.32. The Morgan fingerprint density at radius 3 is 1.41 bits per heavy atom. The van der Waals surface area contributed by atoms with E-state index in [9.17, 15) is 19.0 Å². The number of carbonyl (C=O) groups excluding carboxylic acids is 2. The minimum atomic E-state index is -4.63. The zero-order chi connectivity index (χ0) is 41.4. The predicted molar refractivity (Wildman–Crippen MR) is 231 cm³/mol. The van der Waals surface area contributed by atoms with Crippen LogP contribution in [0, 0.1) is 0 Å². The van der Waals surface area contributed by atoms with Gasteiger partial charge in [0.25, 0.3) is 7.82 Å². The molecule has 0 aliphatic carbocycles. The Hall–Kier alpha value is -2.03. The Kier molecular flexibility index (Phi) is 37.1. The third-order valence-corrected chi connectivity index (χ3v) is 10.3. The second-order valence-electron chi connectivity index (χ2n) is 16.1. The van der Waals surface area contributed by atoms with E-state index in [0.717, 1.165) is 77.0 Å². The highest BCUT2D eigenvalue weighted by Crippen LogP contribution is 2.38. The maximum Gasteiger partial charge on any atom is 0.306 e. The minimum Gasteiger partial charge on any atom is -0.756 e. The lowest BCUT2D eigenvalue weighted by atomic mass is 10.1. The van der Waals surface area contributed by atoms with E-state index in [1.165, 1.54) is 70.6 Å². The first kappa shape index (κ1) is 54.0. The van der Waals surface area contributed by atoms with Gasteiger partial charge >= 0.3 is 11.9 Å². The molecule has 0 amide bonds. The molecule has 1 unspecified atom stereocenters. The predicted octanol–water partition coefficient (Wildman–Crippen LogP) is 12.1. The largest absolute Gasteiger partial charge is 0.756 e. The highest BCUT2D eigenvalue weighted by molar-refractivity contribution is 7.45. The second kappa shape index (κ2) is 38.5. The van der Waals surface area contributed by atoms with Gasteiger partial charge in [-0.15, -0.1) is 0 Å². The van der Waals surface area contributed by atoms with Crippen molar-refractivity contribution in [3.8, 4) is 0 Å². The van der Waals surface area contributed by atoms with E-state index in [4.69, 9.17) is 18.5 Å². The molecule has 0 aliphatic rings. The number of rotatable bonds is 40. The molecule has 0 aromatic rings. The topological polar surface area (TPSA) is 111 Å². The molecular weight excluding hydrogens is 725 g/mol. The molecule has 0 fully saturated rings. The van der Waals surface area contributed by atoms with Crippen molar-refractivity contribution in [3.63, 3.8) is 0 Å². The highest BCUT2D eigenvalue weighted by Gasteiger charge is 2.21. The molecule has 0 bridgehead atoms. The number of phosphoric acid groups is 1. The molecule has 10 heteroatoms. The number of phosphoric ester groups is 1. The average molecular weight is 810 g/mol. The lowest BCUT2D eigenvalue weighted by Crippen LogP contribution is -2.37. The maximum absolute atomic E-state index is 12.7. The molecule has 0 spiro atoms. The Morgan fingerprint density at radius 1 is 0.554 bits per heavy atom. The summed E-state index contributed by atoms with van der Waals surface area (Å²) in [4.78, 5) is 37.5. The summed E-state index contributed by atoms with van der Waals surface area (Å²) in [5.41, 5.74) is 0. The van der Waals surface area contributed by atoms with E-state index in [0.29, 0.717) is 17.4 Å².